The number of rotatable bonds is 9. The number of imidazole rings is 1. The highest BCUT2D eigenvalue weighted by Crippen LogP contribution is 2.42. The number of methoxy groups -OCH3 is 1. The van der Waals surface area contributed by atoms with Crippen molar-refractivity contribution in [3.63, 3.8) is 0 Å². The van der Waals surface area contributed by atoms with Crippen LogP contribution in [-0.2, 0) is 14.3 Å². The molecule has 0 saturated carbocycles. The van der Waals surface area contributed by atoms with Crippen LogP contribution >= 0.6 is 11.6 Å². The molecule has 18 heteroatoms. The molecule has 3 fully saturated rings. The van der Waals surface area contributed by atoms with Gasteiger partial charge in [-0.05, 0) is 79.3 Å². The van der Waals surface area contributed by atoms with Crippen LogP contribution in [-0.4, -0.2) is 103 Å². The minimum atomic E-state index is -5.05. The first-order chi connectivity index (χ1) is 29.3. The molecule has 0 spiro atoms. The van der Waals surface area contributed by atoms with Gasteiger partial charge in [-0.2, -0.15) is 0 Å². The number of nitrogens with zero attached hydrogens (tertiary/aromatic N) is 4. The number of fused-ring (bicyclic) bond motifs is 3. The molecule has 3 aromatic carbocycles. The summed E-state index contributed by atoms with van der Waals surface area (Å²) in [6.07, 6.45) is -2.43. The van der Waals surface area contributed by atoms with Crippen LogP contribution in [0, 0.1) is 11.8 Å². The maximum absolute atomic E-state index is 14.2. The first-order valence-electron chi connectivity index (χ1n) is 20.3. The Kier molecular flexibility index (Phi) is 12.0. The first kappa shape index (κ1) is 42.1. The molecule has 0 bridgehead atoms. The second-order valence-electron chi connectivity index (χ2n) is 15.9. The molecule has 3 saturated heterocycles. The molecule has 3 aliphatic rings. The summed E-state index contributed by atoms with van der Waals surface area (Å²) in [5.41, 5.74) is 1.88. The van der Waals surface area contributed by atoms with E-state index >= 15 is 0 Å². The molecule has 3 aliphatic heterocycles. The summed E-state index contributed by atoms with van der Waals surface area (Å²) >= 11 is 6.64. The average molecular weight is 863 g/mol. The average Bonchev–Trinajstić information content (AvgIpc) is 3.87. The summed E-state index contributed by atoms with van der Waals surface area (Å²) in [6, 6.07) is 13.5. The Morgan fingerprint density at radius 1 is 1.05 bits per heavy atom. The van der Waals surface area contributed by atoms with Gasteiger partial charge < -0.3 is 44.9 Å². The Morgan fingerprint density at radius 3 is 2.57 bits per heavy atom. The molecule has 0 radical (unpaired) electrons. The fourth-order valence-corrected chi connectivity index (χ4v) is 8.85. The van der Waals surface area contributed by atoms with Gasteiger partial charge in [-0.3, -0.25) is 9.59 Å². The number of aromatic amines is 1. The first-order valence-corrected chi connectivity index (χ1v) is 20.6. The van der Waals surface area contributed by atoms with Gasteiger partial charge in [0.25, 0.3) is 5.91 Å². The predicted molar refractivity (Wildman–Crippen MR) is 224 cm³/mol. The topological polar surface area (TPSA) is 163 Å². The van der Waals surface area contributed by atoms with Crippen LogP contribution in [0.4, 0.5) is 29.5 Å². The van der Waals surface area contributed by atoms with Crippen LogP contribution in [0.25, 0.3) is 32.9 Å². The molecule has 4 N–H and O–H groups in total. The number of carbonyl (C=O) groups is 3. The van der Waals surface area contributed by atoms with Crippen LogP contribution in [0.2, 0.25) is 5.02 Å². The summed E-state index contributed by atoms with van der Waals surface area (Å²) in [5.74, 6) is -0.0464. The summed E-state index contributed by atoms with van der Waals surface area (Å²) in [6.45, 7) is 7.96. The number of carbonyl (C=O) groups excluding carboxylic acids is 3. The lowest BCUT2D eigenvalue weighted by Crippen LogP contribution is -2.53. The van der Waals surface area contributed by atoms with Crippen molar-refractivity contribution in [1.82, 2.24) is 30.5 Å². The molecule has 5 heterocycles. The Bertz CT molecular complexity index is 2440. The van der Waals surface area contributed by atoms with Crippen molar-refractivity contribution in [1.29, 1.82) is 0 Å². The lowest BCUT2D eigenvalue weighted by atomic mass is 9.90. The standard InChI is InChI=1S/C43H46ClF3N8O6/c1-23-16-34(55(22-23)41(57)37(53-42(58)59-3)25-10-14-60-15-11-25)39-50-32-8-5-26-17-27(4-7-29(26)38(32)52-39)30-18-31(44)33(19-35(30)61-43(45,46)47)51-40(56)28-6-9-36(49-21-28)54-13-12-48-20-24(54)2/h4-9,17-19,21,23-25,34,37,48H,10-16,20,22H2,1-3H3,(H,50,52)(H,51,56)(H,53,58)/t23-,24?,34-,37-/m0/s1. The molecule has 4 atom stereocenters. The third kappa shape index (κ3) is 9.04. The number of benzene rings is 3. The lowest BCUT2D eigenvalue weighted by molar-refractivity contribution is -0.274. The van der Waals surface area contributed by atoms with E-state index in [1.54, 1.807) is 35.2 Å². The second-order valence-corrected chi connectivity index (χ2v) is 16.3. The van der Waals surface area contributed by atoms with Crippen LogP contribution in [0.3, 0.4) is 0 Å². The maximum Gasteiger partial charge on any atom is 0.573 e. The fourth-order valence-electron chi connectivity index (χ4n) is 8.64. The Hall–Kier alpha value is -5.65. The zero-order chi connectivity index (χ0) is 43.0. The van der Waals surface area contributed by atoms with E-state index in [1.807, 2.05) is 12.1 Å². The van der Waals surface area contributed by atoms with E-state index in [9.17, 15) is 27.6 Å². The molecule has 1 unspecified atom stereocenters. The molecule has 8 rings (SSSR count). The van der Waals surface area contributed by atoms with Crippen molar-refractivity contribution >= 4 is 62.8 Å². The van der Waals surface area contributed by atoms with E-state index in [0.717, 1.165) is 31.1 Å². The van der Waals surface area contributed by atoms with Gasteiger partial charge in [-0.1, -0.05) is 36.7 Å². The molecule has 61 heavy (non-hydrogen) atoms. The summed E-state index contributed by atoms with van der Waals surface area (Å²) < 4.78 is 56.5. The molecule has 322 valence electrons. The molecule has 0 aliphatic carbocycles. The Morgan fingerprint density at radius 2 is 1.85 bits per heavy atom. The maximum atomic E-state index is 14.2. The zero-order valence-corrected chi connectivity index (χ0v) is 34.5. The molecule has 14 nitrogen and oxygen atoms in total. The van der Waals surface area contributed by atoms with Gasteiger partial charge >= 0.3 is 12.5 Å². The molecule has 5 aromatic rings. The summed E-state index contributed by atoms with van der Waals surface area (Å²) in [4.78, 5) is 56.6. The monoisotopic (exact) mass is 862 g/mol. The van der Waals surface area contributed by atoms with Crippen molar-refractivity contribution in [3.8, 4) is 16.9 Å². The number of H-pyrrole nitrogens is 1. The quantitative estimate of drug-likeness (QED) is 0.117. The Labute approximate surface area is 354 Å². The largest absolute Gasteiger partial charge is 0.573 e. The van der Waals surface area contributed by atoms with E-state index in [1.165, 1.54) is 19.4 Å². The number of aromatic nitrogens is 3. The van der Waals surface area contributed by atoms with Crippen LogP contribution < -0.4 is 25.6 Å². The Balaban J connectivity index is 1.06. The van der Waals surface area contributed by atoms with E-state index in [0.29, 0.717) is 72.6 Å². The van der Waals surface area contributed by atoms with Crippen molar-refractivity contribution in [2.75, 3.05) is 56.7 Å². The number of pyridine rings is 1. The van der Waals surface area contributed by atoms with Crippen molar-refractivity contribution in [3.05, 3.63) is 77.2 Å². The van der Waals surface area contributed by atoms with Gasteiger partial charge in [0, 0.05) is 68.6 Å². The van der Waals surface area contributed by atoms with E-state index in [-0.39, 0.29) is 45.6 Å². The number of likely N-dealkylation sites (tertiary alicyclic amines) is 1. The molecular weight excluding hydrogens is 817 g/mol. The van der Waals surface area contributed by atoms with E-state index < -0.39 is 36.2 Å². The summed E-state index contributed by atoms with van der Waals surface area (Å²) in [5, 5.41) is 10.1. The number of hydrogen-bond acceptors (Lipinski definition) is 10. The highest BCUT2D eigenvalue weighted by atomic mass is 35.5. The van der Waals surface area contributed by atoms with Gasteiger partial charge in [-0.25, -0.2) is 14.8 Å². The van der Waals surface area contributed by atoms with E-state index in [2.05, 4.69) is 49.4 Å². The number of anilines is 2. The second kappa shape index (κ2) is 17.4. The molecule has 2 aromatic heterocycles. The number of hydrogen-bond donors (Lipinski definition) is 4. The third-order valence-electron chi connectivity index (χ3n) is 11.7. The lowest BCUT2D eigenvalue weighted by Gasteiger charge is -2.34. The highest BCUT2D eigenvalue weighted by molar-refractivity contribution is 6.34. The number of ether oxygens (including phenoxy) is 3. The van der Waals surface area contributed by atoms with Crippen molar-refractivity contribution in [2.24, 2.45) is 11.8 Å². The van der Waals surface area contributed by atoms with Crippen LogP contribution in [0.5, 0.6) is 5.75 Å². The van der Waals surface area contributed by atoms with Gasteiger partial charge in [0.05, 0.1) is 40.5 Å². The van der Waals surface area contributed by atoms with Gasteiger partial charge in [-0.15, -0.1) is 13.2 Å². The SMILES string of the molecule is COC(=O)N[C@H](C(=O)N1C[C@@H](C)C[C@H]1c1nc2c(ccc3cc(-c4cc(Cl)c(NC(=O)c5ccc(N6CCNCC6C)nc5)cc4OC(F)(F)F)ccc32)[nH]1)C1CCOCC1. The zero-order valence-electron chi connectivity index (χ0n) is 33.8. The molecule has 3 amide bonds. The minimum Gasteiger partial charge on any atom is -0.453 e. The van der Waals surface area contributed by atoms with Crippen molar-refractivity contribution in [2.45, 2.75) is 57.6 Å². The smallest absolute Gasteiger partial charge is 0.453 e. The number of amides is 3. The number of piperazine rings is 1. The summed E-state index contributed by atoms with van der Waals surface area (Å²) in [7, 11) is 1.26. The van der Waals surface area contributed by atoms with E-state index in [4.69, 9.17) is 26.1 Å². The van der Waals surface area contributed by atoms with Gasteiger partial charge in [0.2, 0.25) is 5.91 Å². The minimum absolute atomic E-state index is 0.00433. The van der Waals surface area contributed by atoms with Crippen LogP contribution in [0.15, 0.2) is 60.8 Å². The van der Waals surface area contributed by atoms with Crippen molar-refractivity contribution < 1.29 is 41.8 Å². The highest BCUT2D eigenvalue weighted by Gasteiger charge is 2.42. The van der Waals surface area contributed by atoms with Gasteiger partial charge in [0.15, 0.2) is 0 Å². The number of alkyl carbamates (subject to hydrolysis) is 1. The number of alkyl halides is 3. The van der Waals surface area contributed by atoms with Gasteiger partial charge in [0.1, 0.15) is 23.4 Å². The predicted octanol–water partition coefficient (Wildman–Crippen LogP) is 7.44. The third-order valence-corrected chi connectivity index (χ3v) is 12.0. The molecular formula is C43H46ClF3N8O6. The number of nitrogens with one attached hydrogen (secondary N) is 4. The number of halogens is 4. The fraction of sp³-hybridized carbons (Fsp3) is 0.419. The van der Waals surface area contributed by atoms with Crippen LogP contribution in [0.1, 0.15) is 55.3 Å². The normalized spacial score (nSPS) is 20.5.